The molecule has 5 heteroatoms. The minimum absolute atomic E-state index is 0. The van der Waals surface area contributed by atoms with Crippen LogP contribution in [0.3, 0.4) is 0 Å². The van der Waals surface area contributed by atoms with Crippen LogP contribution in [0.4, 0.5) is 13.2 Å². The number of nitrogens with one attached hydrogen (secondary N) is 1. The maximum atomic E-state index is 12.7. The van der Waals surface area contributed by atoms with Gasteiger partial charge in [0.15, 0.2) is 17.5 Å². The molecule has 1 atom stereocenters. The molecule has 1 aliphatic heterocycles. The van der Waals surface area contributed by atoms with Gasteiger partial charge in [-0.15, -0.1) is 12.4 Å². The highest BCUT2D eigenvalue weighted by Gasteiger charge is 2.21. The van der Waals surface area contributed by atoms with E-state index in [1.165, 1.54) is 0 Å². The highest BCUT2D eigenvalue weighted by atomic mass is 35.5. The van der Waals surface area contributed by atoms with Gasteiger partial charge in [0.25, 0.3) is 0 Å². The molecule has 1 aromatic carbocycles. The van der Waals surface area contributed by atoms with E-state index in [4.69, 9.17) is 0 Å². The predicted octanol–water partition coefficient (Wildman–Crippen LogP) is 2.56. The zero-order chi connectivity index (χ0) is 9.42. The van der Waals surface area contributed by atoms with Crippen molar-refractivity contribution >= 4 is 12.4 Å². The summed E-state index contributed by atoms with van der Waals surface area (Å²) in [6.07, 6.45) is 0.838. The van der Waals surface area contributed by atoms with Crippen LogP contribution in [0.5, 0.6) is 0 Å². The van der Waals surface area contributed by atoms with Gasteiger partial charge in [-0.1, -0.05) is 0 Å². The van der Waals surface area contributed by atoms with Gasteiger partial charge < -0.3 is 5.32 Å². The molecule has 0 amide bonds. The van der Waals surface area contributed by atoms with Crippen molar-refractivity contribution < 1.29 is 13.2 Å². The summed E-state index contributed by atoms with van der Waals surface area (Å²) >= 11 is 0. The summed E-state index contributed by atoms with van der Waals surface area (Å²) in [5, 5.41) is 2.98. The van der Waals surface area contributed by atoms with Crippen molar-refractivity contribution in [1.82, 2.24) is 5.32 Å². The third-order valence-corrected chi connectivity index (χ3v) is 2.23. The molecule has 0 aliphatic carbocycles. The molecule has 14 heavy (non-hydrogen) atoms. The number of hydrogen-bond acceptors (Lipinski definition) is 1. The Balaban J connectivity index is 0.000000980. The van der Waals surface area contributed by atoms with Crippen LogP contribution in [0.1, 0.15) is 18.0 Å². The Labute approximate surface area is 85.7 Å². The normalized spacial score (nSPS) is 19.8. The van der Waals surface area contributed by atoms with E-state index in [1.54, 1.807) is 0 Å². The van der Waals surface area contributed by atoms with Crippen LogP contribution in [0, 0.1) is 17.5 Å². The van der Waals surface area contributed by atoms with Gasteiger partial charge in [0.2, 0.25) is 0 Å². The Bertz CT molecular complexity index is 316. The van der Waals surface area contributed by atoms with Crippen LogP contribution in [0.25, 0.3) is 0 Å². The maximum absolute atomic E-state index is 12.7. The fourth-order valence-electron chi connectivity index (χ4n) is 1.35. The molecule has 0 bridgehead atoms. The van der Waals surface area contributed by atoms with Gasteiger partial charge in [0.05, 0.1) is 0 Å². The highest BCUT2D eigenvalue weighted by molar-refractivity contribution is 5.85. The lowest BCUT2D eigenvalue weighted by atomic mass is 9.98. The molecule has 2 rings (SSSR count). The third kappa shape index (κ3) is 1.86. The molecule has 1 aliphatic rings. The third-order valence-electron chi connectivity index (χ3n) is 2.23. The van der Waals surface area contributed by atoms with E-state index in [-0.39, 0.29) is 18.4 Å². The van der Waals surface area contributed by atoms with Gasteiger partial charge in [-0.3, -0.25) is 0 Å². The van der Waals surface area contributed by atoms with E-state index < -0.39 is 17.5 Å². The average Bonchev–Trinajstić information content (AvgIpc) is 1.96. The first-order chi connectivity index (χ1) is 6.18. The summed E-state index contributed by atoms with van der Waals surface area (Å²) in [5.41, 5.74) is 0.475. The monoisotopic (exact) mass is 223 g/mol. The molecule has 78 valence electrons. The van der Waals surface area contributed by atoms with Gasteiger partial charge in [-0.2, -0.15) is 0 Å². The summed E-state index contributed by atoms with van der Waals surface area (Å²) in [5.74, 6) is -3.64. The molecular weight excluding hydrogens is 215 g/mol. The molecule has 1 heterocycles. The fourth-order valence-corrected chi connectivity index (χ4v) is 1.35. The van der Waals surface area contributed by atoms with Crippen LogP contribution in [0.2, 0.25) is 0 Å². The molecule has 0 unspecified atom stereocenters. The van der Waals surface area contributed by atoms with E-state index in [2.05, 4.69) is 5.32 Å². The molecule has 1 saturated heterocycles. The van der Waals surface area contributed by atoms with Gasteiger partial charge in [-0.25, -0.2) is 13.2 Å². The molecule has 0 radical (unpaired) electrons. The molecule has 0 aromatic heterocycles. The van der Waals surface area contributed by atoms with Gasteiger partial charge in [-0.05, 0) is 30.7 Å². The van der Waals surface area contributed by atoms with Crippen LogP contribution >= 0.6 is 12.4 Å². The van der Waals surface area contributed by atoms with E-state index in [0.717, 1.165) is 25.1 Å². The Morgan fingerprint density at radius 2 is 1.64 bits per heavy atom. The van der Waals surface area contributed by atoms with Crippen molar-refractivity contribution in [3.8, 4) is 0 Å². The Morgan fingerprint density at radius 3 is 2.00 bits per heavy atom. The van der Waals surface area contributed by atoms with Crippen LogP contribution < -0.4 is 5.32 Å². The lowest BCUT2D eigenvalue weighted by molar-refractivity contribution is 0.374. The summed E-state index contributed by atoms with van der Waals surface area (Å²) in [7, 11) is 0. The fraction of sp³-hybridized carbons (Fsp3) is 0.333. The quantitative estimate of drug-likeness (QED) is 0.722. The summed E-state index contributed by atoms with van der Waals surface area (Å²) in [6.45, 7) is 0.839. The first kappa shape index (κ1) is 11.3. The standard InChI is InChI=1S/C9H8F3N.ClH/c10-6-3-5(8-1-2-13-8)4-7(11)9(6)12;/h3-4,8,13H,1-2H2;1H/t8-;/m1./s1. The minimum Gasteiger partial charge on any atom is -0.310 e. The number of benzene rings is 1. The van der Waals surface area contributed by atoms with Crippen molar-refractivity contribution in [3.63, 3.8) is 0 Å². The number of hydrogen-bond donors (Lipinski definition) is 1. The summed E-state index contributed by atoms with van der Waals surface area (Å²) in [6, 6.07) is 2.05. The molecule has 1 nitrogen and oxygen atoms in total. The second-order valence-corrected chi connectivity index (χ2v) is 3.09. The van der Waals surface area contributed by atoms with Gasteiger partial charge in [0.1, 0.15) is 0 Å². The van der Waals surface area contributed by atoms with Crippen LogP contribution in [-0.2, 0) is 0 Å². The van der Waals surface area contributed by atoms with Crippen molar-refractivity contribution in [2.45, 2.75) is 12.5 Å². The summed E-state index contributed by atoms with van der Waals surface area (Å²) < 4.78 is 38.0. The topological polar surface area (TPSA) is 12.0 Å². The van der Waals surface area contributed by atoms with Crippen LogP contribution in [-0.4, -0.2) is 6.54 Å². The second kappa shape index (κ2) is 4.19. The molecule has 1 fully saturated rings. The molecular formula is C9H9ClF3N. The smallest absolute Gasteiger partial charge is 0.194 e. The Hall–Kier alpha value is -0.740. The molecule has 0 spiro atoms. The number of halogens is 4. The molecule has 1 aromatic rings. The zero-order valence-corrected chi connectivity index (χ0v) is 8.00. The first-order valence-electron chi connectivity index (χ1n) is 4.06. The Morgan fingerprint density at radius 1 is 1.14 bits per heavy atom. The maximum Gasteiger partial charge on any atom is 0.194 e. The van der Waals surface area contributed by atoms with Crippen molar-refractivity contribution in [3.05, 3.63) is 35.1 Å². The van der Waals surface area contributed by atoms with E-state index in [0.29, 0.717) is 5.56 Å². The lowest BCUT2D eigenvalue weighted by Crippen LogP contribution is -2.35. The lowest BCUT2D eigenvalue weighted by Gasteiger charge is -2.28. The SMILES string of the molecule is Cl.Fc1cc([C@H]2CCN2)cc(F)c1F. The summed E-state index contributed by atoms with van der Waals surface area (Å²) in [4.78, 5) is 0. The number of rotatable bonds is 1. The largest absolute Gasteiger partial charge is 0.310 e. The Kier molecular flexibility index (Phi) is 3.39. The minimum atomic E-state index is -1.40. The molecule has 1 N–H and O–H groups in total. The molecule has 0 saturated carbocycles. The van der Waals surface area contributed by atoms with E-state index in [9.17, 15) is 13.2 Å². The second-order valence-electron chi connectivity index (χ2n) is 3.09. The van der Waals surface area contributed by atoms with E-state index in [1.807, 2.05) is 0 Å². The van der Waals surface area contributed by atoms with Gasteiger partial charge >= 0.3 is 0 Å². The van der Waals surface area contributed by atoms with Gasteiger partial charge in [0, 0.05) is 6.04 Å². The van der Waals surface area contributed by atoms with Crippen molar-refractivity contribution in [2.24, 2.45) is 0 Å². The van der Waals surface area contributed by atoms with Crippen molar-refractivity contribution in [1.29, 1.82) is 0 Å². The average molecular weight is 224 g/mol. The van der Waals surface area contributed by atoms with Crippen LogP contribution in [0.15, 0.2) is 12.1 Å². The van der Waals surface area contributed by atoms with E-state index >= 15 is 0 Å². The zero-order valence-electron chi connectivity index (χ0n) is 7.19. The predicted molar refractivity (Wildman–Crippen MR) is 48.9 cm³/mol. The van der Waals surface area contributed by atoms with Crippen molar-refractivity contribution in [2.75, 3.05) is 6.54 Å². The highest BCUT2D eigenvalue weighted by Crippen LogP contribution is 2.25. The first-order valence-corrected chi connectivity index (χ1v) is 4.06.